The second-order valence-electron chi connectivity index (χ2n) is 4.57. The third-order valence-electron chi connectivity index (χ3n) is 2.93. The Labute approximate surface area is 90.8 Å². The summed E-state index contributed by atoms with van der Waals surface area (Å²) in [5.41, 5.74) is 0. The van der Waals surface area contributed by atoms with Gasteiger partial charge in [-0.3, -0.25) is 4.79 Å². The zero-order valence-electron chi connectivity index (χ0n) is 9.13. The Morgan fingerprint density at radius 2 is 2.27 bits per heavy atom. The molecule has 1 saturated heterocycles. The standard InChI is InChI=1S/C11H20N2O2/c14-11(13-10-3-4-10)8-15-7-9-2-1-5-12-6-9/h9-10,12H,1-8H2,(H,13,14). The number of hydrogen-bond donors (Lipinski definition) is 2. The fourth-order valence-electron chi connectivity index (χ4n) is 1.88. The highest BCUT2D eigenvalue weighted by molar-refractivity contribution is 5.77. The van der Waals surface area contributed by atoms with E-state index in [1.54, 1.807) is 0 Å². The number of carbonyl (C=O) groups is 1. The molecule has 0 bridgehead atoms. The van der Waals surface area contributed by atoms with Crippen LogP contribution in [0.15, 0.2) is 0 Å². The maximum atomic E-state index is 11.3. The van der Waals surface area contributed by atoms with Gasteiger partial charge >= 0.3 is 0 Å². The van der Waals surface area contributed by atoms with Crippen molar-refractivity contribution in [1.82, 2.24) is 10.6 Å². The second-order valence-corrected chi connectivity index (χ2v) is 4.57. The van der Waals surface area contributed by atoms with Crippen molar-refractivity contribution < 1.29 is 9.53 Å². The van der Waals surface area contributed by atoms with Crippen molar-refractivity contribution in [2.75, 3.05) is 26.3 Å². The Morgan fingerprint density at radius 1 is 1.40 bits per heavy atom. The lowest BCUT2D eigenvalue weighted by atomic mass is 10.0. The molecule has 1 heterocycles. The van der Waals surface area contributed by atoms with E-state index in [9.17, 15) is 4.79 Å². The van der Waals surface area contributed by atoms with Gasteiger partial charge in [-0.15, -0.1) is 0 Å². The van der Waals surface area contributed by atoms with Gasteiger partial charge in [-0.05, 0) is 38.1 Å². The van der Waals surface area contributed by atoms with Crippen molar-refractivity contribution in [3.05, 3.63) is 0 Å². The molecular weight excluding hydrogens is 192 g/mol. The van der Waals surface area contributed by atoms with Gasteiger partial charge in [-0.25, -0.2) is 0 Å². The summed E-state index contributed by atoms with van der Waals surface area (Å²) in [6.07, 6.45) is 4.72. The molecule has 0 spiro atoms. The first kappa shape index (κ1) is 10.9. The zero-order chi connectivity index (χ0) is 10.5. The molecule has 15 heavy (non-hydrogen) atoms. The topological polar surface area (TPSA) is 50.4 Å². The normalized spacial score (nSPS) is 26.3. The molecule has 2 fully saturated rings. The van der Waals surface area contributed by atoms with Crippen molar-refractivity contribution in [1.29, 1.82) is 0 Å². The first-order valence-corrected chi connectivity index (χ1v) is 5.92. The van der Waals surface area contributed by atoms with E-state index in [1.807, 2.05) is 0 Å². The fraction of sp³-hybridized carbons (Fsp3) is 0.909. The van der Waals surface area contributed by atoms with Gasteiger partial charge in [0.15, 0.2) is 0 Å². The van der Waals surface area contributed by atoms with Gasteiger partial charge in [0.1, 0.15) is 6.61 Å². The summed E-state index contributed by atoms with van der Waals surface area (Å²) < 4.78 is 5.41. The lowest BCUT2D eigenvalue weighted by Gasteiger charge is -2.22. The Hall–Kier alpha value is -0.610. The average molecular weight is 212 g/mol. The van der Waals surface area contributed by atoms with Gasteiger partial charge in [0.25, 0.3) is 0 Å². The maximum Gasteiger partial charge on any atom is 0.246 e. The minimum atomic E-state index is 0.0428. The van der Waals surface area contributed by atoms with Crippen molar-refractivity contribution in [2.24, 2.45) is 5.92 Å². The average Bonchev–Trinajstić information content (AvgIpc) is 3.03. The molecule has 0 aromatic carbocycles. The molecule has 2 rings (SSSR count). The molecule has 2 N–H and O–H groups in total. The molecule has 1 unspecified atom stereocenters. The molecule has 4 heteroatoms. The molecule has 2 aliphatic rings. The summed E-state index contributed by atoms with van der Waals surface area (Å²) in [5, 5.41) is 6.25. The zero-order valence-corrected chi connectivity index (χ0v) is 9.13. The second kappa shape index (κ2) is 5.47. The molecule has 86 valence electrons. The molecule has 0 radical (unpaired) electrons. The number of nitrogens with one attached hydrogen (secondary N) is 2. The fourth-order valence-corrected chi connectivity index (χ4v) is 1.88. The summed E-state index contributed by atoms with van der Waals surface area (Å²) in [6, 6.07) is 0.442. The Kier molecular flexibility index (Phi) is 3.97. The monoisotopic (exact) mass is 212 g/mol. The smallest absolute Gasteiger partial charge is 0.246 e. The van der Waals surface area contributed by atoms with Gasteiger partial charge in [0.05, 0.1) is 6.61 Å². The van der Waals surface area contributed by atoms with E-state index in [2.05, 4.69) is 10.6 Å². The van der Waals surface area contributed by atoms with E-state index in [0.717, 1.165) is 25.9 Å². The third kappa shape index (κ3) is 4.18. The lowest BCUT2D eigenvalue weighted by molar-refractivity contribution is -0.126. The molecule has 1 aliphatic heterocycles. The van der Waals surface area contributed by atoms with E-state index < -0.39 is 0 Å². The summed E-state index contributed by atoms with van der Waals surface area (Å²) in [4.78, 5) is 11.3. The first-order valence-electron chi connectivity index (χ1n) is 5.92. The van der Waals surface area contributed by atoms with Crippen molar-refractivity contribution >= 4 is 5.91 Å². The van der Waals surface area contributed by atoms with Crippen LogP contribution in [-0.2, 0) is 9.53 Å². The molecule has 1 aliphatic carbocycles. The third-order valence-corrected chi connectivity index (χ3v) is 2.93. The van der Waals surface area contributed by atoms with Crippen LogP contribution in [0.1, 0.15) is 25.7 Å². The highest BCUT2D eigenvalue weighted by Gasteiger charge is 2.23. The van der Waals surface area contributed by atoms with Gasteiger partial charge in [0.2, 0.25) is 5.91 Å². The van der Waals surface area contributed by atoms with Gasteiger partial charge in [-0.2, -0.15) is 0 Å². The summed E-state index contributed by atoms with van der Waals surface area (Å²) in [6.45, 7) is 3.10. The Morgan fingerprint density at radius 3 is 2.93 bits per heavy atom. The van der Waals surface area contributed by atoms with Gasteiger partial charge < -0.3 is 15.4 Å². The minimum Gasteiger partial charge on any atom is -0.371 e. The molecule has 4 nitrogen and oxygen atoms in total. The van der Waals surface area contributed by atoms with E-state index >= 15 is 0 Å². The Balaban J connectivity index is 1.51. The highest BCUT2D eigenvalue weighted by Crippen LogP contribution is 2.18. The maximum absolute atomic E-state index is 11.3. The number of piperidine rings is 1. The summed E-state index contributed by atoms with van der Waals surface area (Å²) >= 11 is 0. The van der Waals surface area contributed by atoms with E-state index in [0.29, 0.717) is 18.6 Å². The van der Waals surface area contributed by atoms with Crippen LogP contribution in [0.3, 0.4) is 0 Å². The first-order chi connectivity index (χ1) is 7.34. The molecule has 1 amide bonds. The molecular formula is C11H20N2O2. The predicted molar refractivity (Wildman–Crippen MR) is 57.6 cm³/mol. The van der Waals surface area contributed by atoms with Crippen LogP contribution in [0.5, 0.6) is 0 Å². The van der Waals surface area contributed by atoms with Crippen molar-refractivity contribution in [2.45, 2.75) is 31.7 Å². The van der Waals surface area contributed by atoms with Crippen LogP contribution in [0, 0.1) is 5.92 Å². The molecule has 0 aromatic rings. The number of ether oxygens (including phenoxy) is 1. The van der Waals surface area contributed by atoms with Crippen LogP contribution in [0.4, 0.5) is 0 Å². The number of carbonyl (C=O) groups excluding carboxylic acids is 1. The van der Waals surface area contributed by atoms with Crippen LogP contribution in [-0.4, -0.2) is 38.3 Å². The Bertz CT molecular complexity index is 211. The largest absolute Gasteiger partial charge is 0.371 e. The van der Waals surface area contributed by atoms with Gasteiger partial charge in [-0.1, -0.05) is 0 Å². The van der Waals surface area contributed by atoms with Crippen LogP contribution >= 0.6 is 0 Å². The van der Waals surface area contributed by atoms with Crippen LogP contribution in [0.25, 0.3) is 0 Å². The van der Waals surface area contributed by atoms with Crippen LogP contribution < -0.4 is 10.6 Å². The number of hydrogen-bond acceptors (Lipinski definition) is 3. The number of amides is 1. The number of rotatable bonds is 5. The minimum absolute atomic E-state index is 0.0428. The SMILES string of the molecule is O=C(COCC1CCCNC1)NC1CC1. The van der Waals surface area contributed by atoms with E-state index in [4.69, 9.17) is 4.74 Å². The summed E-state index contributed by atoms with van der Waals surface area (Å²) in [5.74, 6) is 0.633. The highest BCUT2D eigenvalue weighted by atomic mass is 16.5. The molecule has 1 saturated carbocycles. The van der Waals surface area contributed by atoms with E-state index in [-0.39, 0.29) is 12.5 Å². The lowest BCUT2D eigenvalue weighted by Crippen LogP contribution is -2.34. The van der Waals surface area contributed by atoms with E-state index in [1.165, 1.54) is 12.8 Å². The predicted octanol–water partition coefficient (Wildman–Crippen LogP) is 0.281. The summed E-state index contributed by atoms with van der Waals surface area (Å²) in [7, 11) is 0. The van der Waals surface area contributed by atoms with Gasteiger partial charge in [0, 0.05) is 12.6 Å². The molecule has 1 atom stereocenters. The van der Waals surface area contributed by atoms with Crippen molar-refractivity contribution in [3.8, 4) is 0 Å². The van der Waals surface area contributed by atoms with Crippen molar-refractivity contribution in [3.63, 3.8) is 0 Å². The van der Waals surface area contributed by atoms with Crippen LogP contribution in [0.2, 0.25) is 0 Å². The molecule has 0 aromatic heterocycles. The quantitative estimate of drug-likeness (QED) is 0.688.